The maximum atomic E-state index is 9.95. The molecule has 0 spiro atoms. The number of aliphatic hydroxyl groups is 2. The van der Waals surface area contributed by atoms with Crippen molar-refractivity contribution in [2.75, 3.05) is 0 Å². The SMILES string of the molecule is NC(CC(=O)O)CC(O)O. The number of hydrogen-bond acceptors (Lipinski definition) is 4. The van der Waals surface area contributed by atoms with Crippen LogP contribution in [0.4, 0.5) is 0 Å². The van der Waals surface area contributed by atoms with Crippen molar-refractivity contribution >= 4 is 5.97 Å². The van der Waals surface area contributed by atoms with Crippen molar-refractivity contribution in [3.63, 3.8) is 0 Å². The van der Waals surface area contributed by atoms with E-state index in [0.717, 1.165) is 0 Å². The molecular formula is C5H11NO4. The molecule has 0 fully saturated rings. The number of hydrogen-bond donors (Lipinski definition) is 4. The summed E-state index contributed by atoms with van der Waals surface area (Å²) in [6.07, 6.45) is -1.86. The summed E-state index contributed by atoms with van der Waals surface area (Å²) in [6.45, 7) is 0. The molecule has 0 aromatic carbocycles. The van der Waals surface area contributed by atoms with Gasteiger partial charge in [-0.25, -0.2) is 0 Å². The van der Waals surface area contributed by atoms with Crippen LogP contribution in [-0.4, -0.2) is 33.6 Å². The Morgan fingerprint density at radius 2 is 2.00 bits per heavy atom. The summed E-state index contributed by atoms with van der Waals surface area (Å²) in [7, 11) is 0. The smallest absolute Gasteiger partial charge is 0.304 e. The second-order valence-corrected chi connectivity index (χ2v) is 2.07. The molecule has 0 saturated carbocycles. The zero-order valence-electron chi connectivity index (χ0n) is 5.40. The average molecular weight is 149 g/mol. The minimum absolute atomic E-state index is 0.105. The van der Waals surface area contributed by atoms with E-state index in [4.69, 9.17) is 21.1 Å². The predicted molar refractivity (Wildman–Crippen MR) is 33.1 cm³/mol. The first-order valence-electron chi connectivity index (χ1n) is 2.86. The molecule has 0 bridgehead atoms. The number of carboxylic acids is 1. The first kappa shape index (κ1) is 9.35. The van der Waals surface area contributed by atoms with Gasteiger partial charge in [-0.05, 0) is 0 Å². The third kappa shape index (κ3) is 5.49. The van der Waals surface area contributed by atoms with Crippen molar-refractivity contribution in [2.24, 2.45) is 5.73 Å². The fourth-order valence-electron chi connectivity index (χ4n) is 0.578. The maximum absolute atomic E-state index is 9.95. The summed E-state index contributed by atoms with van der Waals surface area (Å²) < 4.78 is 0. The molecule has 10 heavy (non-hydrogen) atoms. The lowest BCUT2D eigenvalue weighted by Crippen LogP contribution is -2.28. The lowest BCUT2D eigenvalue weighted by atomic mass is 10.1. The van der Waals surface area contributed by atoms with Crippen molar-refractivity contribution < 1.29 is 20.1 Å². The molecule has 1 unspecified atom stereocenters. The van der Waals surface area contributed by atoms with Gasteiger partial charge in [0.05, 0.1) is 6.42 Å². The third-order valence-corrected chi connectivity index (χ3v) is 0.950. The monoisotopic (exact) mass is 149 g/mol. The molecule has 0 aliphatic carbocycles. The molecule has 5 heteroatoms. The zero-order chi connectivity index (χ0) is 8.15. The summed E-state index contributed by atoms with van der Waals surface area (Å²) in [4.78, 5) is 9.95. The van der Waals surface area contributed by atoms with Gasteiger partial charge in [0.2, 0.25) is 0 Å². The maximum Gasteiger partial charge on any atom is 0.304 e. The summed E-state index contributed by atoms with van der Waals surface area (Å²) in [6, 6.07) is -0.683. The number of carbonyl (C=O) groups is 1. The summed E-state index contributed by atoms with van der Waals surface area (Å²) in [5.74, 6) is -1.03. The van der Waals surface area contributed by atoms with E-state index >= 15 is 0 Å². The number of carboxylic acid groups (broad SMARTS) is 1. The highest BCUT2D eigenvalue weighted by Gasteiger charge is 2.10. The van der Waals surface area contributed by atoms with Gasteiger partial charge in [0.25, 0.3) is 0 Å². The van der Waals surface area contributed by atoms with Gasteiger partial charge in [-0.1, -0.05) is 0 Å². The van der Waals surface area contributed by atoms with E-state index in [1.165, 1.54) is 0 Å². The second kappa shape index (κ2) is 4.21. The van der Waals surface area contributed by atoms with Gasteiger partial charge < -0.3 is 21.1 Å². The van der Waals surface area contributed by atoms with Crippen LogP contribution in [0.3, 0.4) is 0 Å². The molecular weight excluding hydrogens is 138 g/mol. The molecule has 0 aromatic heterocycles. The predicted octanol–water partition coefficient (Wildman–Crippen LogP) is -1.51. The van der Waals surface area contributed by atoms with E-state index in [0.29, 0.717) is 0 Å². The Hall–Kier alpha value is -0.650. The Bertz CT molecular complexity index is 114. The van der Waals surface area contributed by atoms with Crippen LogP contribution in [0.25, 0.3) is 0 Å². The molecule has 0 aliphatic heterocycles. The second-order valence-electron chi connectivity index (χ2n) is 2.07. The van der Waals surface area contributed by atoms with Crippen molar-refractivity contribution in [2.45, 2.75) is 25.2 Å². The van der Waals surface area contributed by atoms with Crippen LogP contribution in [0.2, 0.25) is 0 Å². The molecule has 0 heterocycles. The minimum Gasteiger partial charge on any atom is -0.481 e. The summed E-state index contributed by atoms with van der Waals surface area (Å²) in [5, 5.41) is 24.8. The van der Waals surface area contributed by atoms with Crippen molar-refractivity contribution in [1.82, 2.24) is 0 Å². The van der Waals surface area contributed by atoms with Crippen molar-refractivity contribution in [1.29, 1.82) is 0 Å². The largest absolute Gasteiger partial charge is 0.481 e. The molecule has 0 aliphatic rings. The van der Waals surface area contributed by atoms with Crippen LogP contribution < -0.4 is 5.73 Å². The zero-order valence-corrected chi connectivity index (χ0v) is 5.40. The Kier molecular flexibility index (Phi) is 3.94. The van der Waals surface area contributed by atoms with E-state index in [-0.39, 0.29) is 12.8 Å². The highest BCUT2D eigenvalue weighted by molar-refractivity contribution is 5.67. The van der Waals surface area contributed by atoms with Crippen molar-refractivity contribution in [3.05, 3.63) is 0 Å². The molecule has 1 atom stereocenters. The van der Waals surface area contributed by atoms with Gasteiger partial charge in [0.15, 0.2) is 6.29 Å². The van der Waals surface area contributed by atoms with E-state index in [2.05, 4.69) is 0 Å². The van der Waals surface area contributed by atoms with Crippen LogP contribution in [0.15, 0.2) is 0 Å². The number of aliphatic carboxylic acids is 1. The molecule has 0 radical (unpaired) electrons. The van der Waals surface area contributed by atoms with Gasteiger partial charge in [-0.2, -0.15) is 0 Å². The highest BCUT2D eigenvalue weighted by Crippen LogP contribution is 1.96. The number of rotatable bonds is 4. The third-order valence-electron chi connectivity index (χ3n) is 0.950. The van der Waals surface area contributed by atoms with Gasteiger partial charge in [0.1, 0.15) is 0 Å². The standard InChI is InChI=1S/C5H11NO4/c6-3(1-4(7)8)2-5(9)10/h3-4,7-8H,1-2,6H2,(H,9,10). The van der Waals surface area contributed by atoms with Crippen LogP contribution >= 0.6 is 0 Å². The lowest BCUT2D eigenvalue weighted by Gasteiger charge is -2.08. The molecule has 0 rings (SSSR count). The number of aliphatic hydroxyl groups excluding tert-OH is 1. The van der Waals surface area contributed by atoms with E-state index in [9.17, 15) is 4.79 Å². The fraction of sp³-hybridized carbons (Fsp3) is 0.800. The lowest BCUT2D eigenvalue weighted by molar-refractivity contribution is -0.137. The minimum atomic E-state index is -1.52. The Morgan fingerprint density at radius 1 is 1.50 bits per heavy atom. The first-order valence-corrected chi connectivity index (χ1v) is 2.86. The highest BCUT2D eigenvalue weighted by atomic mass is 16.5. The van der Waals surface area contributed by atoms with E-state index in [1.807, 2.05) is 0 Å². The quantitative estimate of drug-likeness (QED) is 0.364. The van der Waals surface area contributed by atoms with Gasteiger partial charge in [-0.3, -0.25) is 4.79 Å². The molecule has 5 nitrogen and oxygen atoms in total. The normalized spacial score (nSPS) is 13.6. The van der Waals surface area contributed by atoms with E-state index in [1.54, 1.807) is 0 Å². The van der Waals surface area contributed by atoms with Crippen LogP contribution in [0.1, 0.15) is 12.8 Å². The van der Waals surface area contributed by atoms with Gasteiger partial charge in [0, 0.05) is 12.5 Å². The molecule has 60 valence electrons. The fourth-order valence-corrected chi connectivity index (χ4v) is 0.578. The van der Waals surface area contributed by atoms with Gasteiger partial charge in [-0.15, -0.1) is 0 Å². The molecule has 5 N–H and O–H groups in total. The summed E-state index contributed by atoms with van der Waals surface area (Å²) in [5.41, 5.74) is 5.17. The number of nitrogens with two attached hydrogens (primary N) is 1. The Balaban J connectivity index is 3.43. The van der Waals surface area contributed by atoms with Crippen LogP contribution in [-0.2, 0) is 4.79 Å². The topological polar surface area (TPSA) is 104 Å². The Morgan fingerprint density at radius 3 is 2.30 bits per heavy atom. The molecule has 0 saturated heterocycles. The summed E-state index contributed by atoms with van der Waals surface area (Å²) >= 11 is 0. The molecule has 0 aromatic rings. The first-order chi connectivity index (χ1) is 4.52. The van der Waals surface area contributed by atoms with Crippen molar-refractivity contribution in [3.8, 4) is 0 Å². The van der Waals surface area contributed by atoms with Gasteiger partial charge >= 0.3 is 5.97 Å². The van der Waals surface area contributed by atoms with E-state index < -0.39 is 18.3 Å². The molecule has 0 amide bonds. The van der Waals surface area contributed by atoms with Crippen LogP contribution in [0, 0.1) is 0 Å². The average Bonchev–Trinajstić information content (AvgIpc) is 1.58. The Labute approximate surface area is 58.1 Å². The van der Waals surface area contributed by atoms with Crippen LogP contribution in [0.5, 0.6) is 0 Å².